The minimum atomic E-state index is -0.347. The molecule has 0 spiro atoms. The van der Waals surface area contributed by atoms with E-state index in [0.717, 1.165) is 21.0 Å². The van der Waals surface area contributed by atoms with Crippen molar-refractivity contribution in [2.45, 2.75) is 20.3 Å². The lowest BCUT2D eigenvalue weighted by molar-refractivity contribution is 0.0921. The fourth-order valence-electron chi connectivity index (χ4n) is 3.59. The molecule has 0 radical (unpaired) electrons. The minimum Gasteiger partial charge on any atom is -0.485 e. The lowest BCUT2D eigenvalue weighted by atomic mass is 9.98. The van der Waals surface area contributed by atoms with E-state index in [9.17, 15) is 9.59 Å². The molecule has 4 nitrogen and oxygen atoms in total. The molecule has 31 heavy (non-hydrogen) atoms. The number of ether oxygens (including phenoxy) is 1. The number of hydrogen-bond acceptors (Lipinski definition) is 4. The normalized spacial score (nSPS) is 10.9. The van der Waals surface area contributed by atoms with Crippen LogP contribution in [0.3, 0.4) is 0 Å². The van der Waals surface area contributed by atoms with E-state index in [2.05, 4.69) is 15.9 Å². The molecule has 0 aliphatic heterocycles. The molecule has 156 valence electrons. The summed E-state index contributed by atoms with van der Waals surface area (Å²) >= 11 is 3.36. The number of fused-ring (bicyclic) bond motifs is 1. The smallest absolute Gasteiger partial charge is 0.340 e. The third-order valence-corrected chi connectivity index (χ3v) is 5.93. The number of aryl methyl sites for hydroxylation is 2. The molecule has 3 aromatic carbocycles. The quantitative estimate of drug-likeness (QED) is 0.252. The van der Waals surface area contributed by atoms with Crippen molar-refractivity contribution in [3.05, 3.63) is 109 Å². The summed E-state index contributed by atoms with van der Waals surface area (Å²) < 4.78 is 12.4. The highest BCUT2D eigenvalue weighted by atomic mass is 79.9. The van der Waals surface area contributed by atoms with Crippen molar-refractivity contribution in [3.63, 3.8) is 0 Å². The summed E-state index contributed by atoms with van der Waals surface area (Å²) in [6, 6.07) is 20.7. The van der Waals surface area contributed by atoms with Crippen LogP contribution in [0.2, 0.25) is 0 Å². The van der Waals surface area contributed by atoms with Gasteiger partial charge in [-0.15, -0.1) is 0 Å². The molecule has 0 amide bonds. The van der Waals surface area contributed by atoms with Crippen LogP contribution in [-0.2, 0) is 6.42 Å². The van der Waals surface area contributed by atoms with Crippen molar-refractivity contribution in [1.29, 1.82) is 0 Å². The van der Waals surface area contributed by atoms with E-state index < -0.39 is 0 Å². The van der Waals surface area contributed by atoms with Gasteiger partial charge in [0.15, 0.2) is 12.4 Å². The van der Waals surface area contributed by atoms with Crippen LogP contribution in [0.5, 0.6) is 5.75 Å². The topological polar surface area (TPSA) is 56.5 Å². The zero-order chi connectivity index (χ0) is 22.0. The summed E-state index contributed by atoms with van der Waals surface area (Å²) in [6.07, 6.45) is 0.518. The van der Waals surface area contributed by atoms with E-state index in [1.54, 1.807) is 12.1 Å². The summed E-state index contributed by atoms with van der Waals surface area (Å²) in [7, 11) is 0. The second-order valence-electron chi connectivity index (χ2n) is 7.44. The van der Waals surface area contributed by atoms with Gasteiger partial charge in [-0.3, -0.25) is 4.79 Å². The Kier molecular flexibility index (Phi) is 6.05. The Morgan fingerprint density at radius 2 is 1.65 bits per heavy atom. The SMILES string of the molecule is Cc1c(Cc2ccccc2)c(=O)oc2c(C)c(OCC(=O)c3ccc(Br)cc3)ccc12. The van der Waals surface area contributed by atoms with E-state index >= 15 is 0 Å². The van der Waals surface area contributed by atoms with E-state index in [1.165, 1.54) is 0 Å². The Morgan fingerprint density at radius 3 is 2.35 bits per heavy atom. The van der Waals surface area contributed by atoms with E-state index in [4.69, 9.17) is 9.15 Å². The van der Waals surface area contributed by atoms with Crippen molar-refractivity contribution >= 4 is 32.7 Å². The summed E-state index contributed by atoms with van der Waals surface area (Å²) in [6.45, 7) is 3.68. The molecule has 0 N–H and O–H groups in total. The van der Waals surface area contributed by atoms with Gasteiger partial charge in [-0.05, 0) is 49.2 Å². The third-order valence-electron chi connectivity index (χ3n) is 5.40. The predicted octanol–water partition coefficient (Wildman–Crippen LogP) is 6.02. The van der Waals surface area contributed by atoms with E-state index in [1.807, 2.05) is 68.4 Å². The van der Waals surface area contributed by atoms with Crippen LogP contribution < -0.4 is 10.4 Å². The first kappa shape index (κ1) is 21.1. The van der Waals surface area contributed by atoms with Crippen LogP contribution in [0.25, 0.3) is 11.0 Å². The third kappa shape index (κ3) is 4.47. The number of ketones is 1. The average Bonchev–Trinajstić information content (AvgIpc) is 2.77. The molecule has 4 rings (SSSR count). The average molecular weight is 477 g/mol. The molecular formula is C26H21BrO4. The van der Waals surface area contributed by atoms with Crippen LogP contribution in [0.4, 0.5) is 0 Å². The molecule has 0 bridgehead atoms. The molecule has 0 unspecified atom stereocenters. The zero-order valence-corrected chi connectivity index (χ0v) is 18.9. The zero-order valence-electron chi connectivity index (χ0n) is 17.3. The van der Waals surface area contributed by atoms with Crippen molar-refractivity contribution in [2.24, 2.45) is 0 Å². The Balaban J connectivity index is 1.61. The Bertz CT molecular complexity index is 1310. The van der Waals surface area contributed by atoms with Crippen LogP contribution >= 0.6 is 15.9 Å². The Morgan fingerprint density at radius 1 is 0.935 bits per heavy atom. The molecule has 1 heterocycles. The lowest BCUT2D eigenvalue weighted by Gasteiger charge is -2.13. The Labute approximate surface area is 188 Å². The highest BCUT2D eigenvalue weighted by molar-refractivity contribution is 9.10. The maximum Gasteiger partial charge on any atom is 0.340 e. The number of Topliss-reactive ketones (excluding diaryl/α,β-unsaturated/α-hetero) is 1. The van der Waals surface area contributed by atoms with Gasteiger partial charge in [-0.1, -0.05) is 58.4 Å². The molecule has 0 fully saturated rings. The molecule has 0 aliphatic carbocycles. The standard InChI is InChI=1S/C26H21BrO4/c1-16-21-12-13-24(30-15-23(28)19-8-10-20(27)11-9-19)17(2)25(21)31-26(29)22(16)14-18-6-4-3-5-7-18/h3-13H,14-15H2,1-2H3. The van der Waals surface area contributed by atoms with Gasteiger partial charge in [0.1, 0.15) is 11.3 Å². The van der Waals surface area contributed by atoms with Gasteiger partial charge in [-0.25, -0.2) is 4.79 Å². The maximum absolute atomic E-state index is 12.7. The fourth-order valence-corrected chi connectivity index (χ4v) is 3.86. The molecule has 5 heteroatoms. The van der Waals surface area contributed by atoms with Crippen molar-refractivity contribution in [1.82, 2.24) is 0 Å². The first-order valence-corrected chi connectivity index (χ1v) is 10.7. The van der Waals surface area contributed by atoms with Gasteiger partial charge < -0.3 is 9.15 Å². The first-order valence-electron chi connectivity index (χ1n) is 9.95. The van der Waals surface area contributed by atoms with Gasteiger partial charge in [0.2, 0.25) is 0 Å². The largest absolute Gasteiger partial charge is 0.485 e. The van der Waals surface area contributed by atoms with Crippen LogP contribution in [0.1, 0.15) is 32.6 Å². The highest BCUT2D eigenvalue weighted by Crippen LogP contribution is 2.30. The molecule has 1 aromatic heterocycles. The van der Waals surface area contributed by atoms with Gasteiger partial charge in [0.25, 0.3) is 0 Å². The van der Waals surface area contributed by atoms with Gasteiger partial charge >= 0.3 is 5.63 Å². The molecule has 0 atom stereocenters. The molecule has 0 aliphatic rings. The van der Waals surface area contributed by atoms with E-state index in [-0.39, 0.29) is 18.0 Å². The number of carbonyl (C=O) groups excluding carboxylic acids is 1. The number of hydrogen-bond donors (Lipinski definition) is 0. The number of rotatable bonds is 6. The predicted molar refractivity (Wildman–Crippen MR) is 125 cm³/mol. The first-order chi connectivity index (χ1) is 14.9. The van der Waals surface area contributed by atoms with Crippen LogP contribution in [-0.4, -0.2) is 12.4 Å². The van der Waals surface area contributed by atoms with Crippen molar-refractivity contribution in [3.8, 4) is 5.75 Å². The molecule has 4 aromatic rings. The number of halogens is 1. The fraction of sp³-hybridized carbons (Fsp3) is 0.154. The monoisotopic (exact) mass is 476 g/mol. The van der Waals surface area contributed by atoms with Crippen molar-refractivity contribution in [2.75, 3.05) is 6.61 Å². The number of carbonyl (C=O) groups is 1. The summed E-state index contributed by atoms with van der Waals surface area (Å²) in [5.41, 5.74) is 4.03. The highest BCUT2D eigenvalue weighted by Gasteiger charge is 2.16. The van der Waals surface area contributed by atoms with Gasteiger partial charge in [-0.2, -0.15) is 0 Å². The number of benzene rings is 3. The second-order valence-corrected chi connectivity index (χ2v) is 8.36. The molecular weight excluding hydrogens is 456 g/mol. The second kappa shape index (κ2) is 8.90. The van der Waals surface area contributed by atoms with E-state index in [0.29, 0.717) is 34.4 Å². The Hall–Kier alpha value is -3.18. The summed E-state index contributed by atoms with van der Waals surface area (Å²) in [4.78, 5) is 25.2. The van der Waals surface area contributed by atoms with Crippen LogP contribution in [0, 0.1) is 13.8 Å². The molecule has 0 saturated carbocycles. The maximum atomic E-state index is 12.7. The van der Waals surface area contributed by atoms with Crippen molar-refractivity contribution < 1.29 is 13.9 Å². The lowest BCUT2D eigenvalue weighted by Crippen LogP contribution is -2.13. The van der Waals surface area contributed by atoms with Gasteiger partial charge in [0, 0.05) is 33.0 Å². The van der Waals surface area contributed by atoms with Crippen LogP contribution in [0.15, 0.2) is 80.4 Å². The summed E-state index contributed by atoms with van der Waals surface area (Å²) in [5, 5.41) is 0.870. The van der Waals surface area contributed by atoms with Gasteiger partial charge in [0.05, 0.1) is 0 Å². The minimum absolute atomic E-state index is 0.0940. The summed E-state index contributed by atoms with van der Waals surface area (Å²) in [5.74, 6) is 0.402. The molecule has 0 saturated heterocycles.